The number of hydrogen-bond acceptors (Lipinski definition) is 2. The third-order valence-corrected chi connectivity index (χ3v) is 3.92. The Hall–Kier alpha value is -0.220. The molecule has 18 heavy (non-hydrogen) atoms. The summed E-state index contributed by atoms with van der Waals surface area (Å²) in [6.45, 7) is 10.3. The highest BCUT2D eigenvalue weighted by molar-refractivity contribution is 4.80. The third kappa shape index (κ3) is 5.61. The smallest absolute Gasteiger partial charge is 0.248 e. The third-order valence-electron chi connectivity index (χ3n) is 3.92. The van der Waals surface area contributed by atoms with Crippen molar-refractivity contribution in [3.63, 3.8) is 0 Å². The van der Waals surface area contributed by atoms with Gasteiger partial charge in [0.15, 0.2) is 0 Å². The minimum absolute atomic E-state index is 0.0675. The predicted molar refractivity (Wildman–Crippen MR) is 72.2 cm³/mol. The van der Waals surface area contributed by atoms with Gasteiger partial charge in [0.25, 0.3) is 0 Å². The molecule has 1 N–H and O–H groups in total. The first-order valence-corrected chi connectivity index (χ1v) is 7.30. The van der Waals surface area contributed by atoms with E-state index in [1.54, 1.807) is 0 Å². The summed E-state index contributed by atoms with van der Waals surface area (Å²) in [5.74, 6) is -2.28. The fraction of sp³-hybridized carbons (Fsp3) is 1.00. The molecule has 1 rings (SSSR count). The van der Waals surface area contributed by atoms with Crippen molar-refractivity contribution in [2.75, 3.05) is 26.2 Å². The second-order valence-corrected chi connectivity index (χ2v) is 5.61. The number of alkyl halides is 2. The number of hydrogen-bond donors (Lipinski definition) is 1. The maximum atomic E-state index is 13.3. The Kier molecular flexibility index (Phi) is 6.50. The van der Waals surface area contributed by atoms with Crippen molar-refractivity contribution in [3.8, 4) is 0 Å². The molecule has 108 valence electrons. The average Bonchev–Trinajstić information content (AvgIpc) is 2.32. The first-order valence-electron chi connectivity index (χ1n) is 7.30. The summed E-state index contributed by atoms with van der Waals surface area (Å²) in [6.07, 6.45) is 1.76. The summed E-state index contributed by atoms with van der Waals surface area (Å²) in [4.78, 5) is 2.35. The van der Waals surface area contributed by atoms with Crippen LogP contribution in [0.1, 0.15) is 46.5 Å². The van der Waals surface area contributed by atoms with E-state index >= 15 is 0 Å². The molecule has 0 aromatic carbocycles. The van der Waals surface area contributed by atoms with Crippen molar-refractivity contribution in [3.05, 3.63) is 0 Å². The highest BCUT2D eigenvalue weighted by Gasteiger charge is 2.35. The quantitative estimate of drug-likeness (QED) is 0.758. The zero-order valence-corrected chi connectivity index (χ0v) is 12.0. The van der Waals surface area contributed by atoms with Gasteiger partial charge in [-0.05, 0) is 45.3 Å². The summed E-state index contributed by atoms with van der Waals surface area (Å²) in [6, 6.07) is 0.375. The van der Waals surface area contributed by atoms with Gasteiger partial charge in [-0.15, -0.1) is 0 Å². The van der Waals surface area contributed by atoms with Crippen LogP contribution in [0.15, 0.2) is 0 Å². The van der Waals surface area contributed by atoms with Crippen molar-refractivity contribution in [2.24, 2.45) is 5.92 Å². The SMILES string of the molecule is CCN(CC)CC(C)NCC1CCCC(F)(F)C1. The monoisotopic (exact) mass is 262 g/mol. The van der Waals surface area contributed by atoms with Crippen LogP contribution in [0.3, 0.4) is 0 Å². The van der Waals surface area contributed by atoms with Crippen molar-refractivity contribution in [1.29, 1.82) is 0 Å². The molecular formula is C14H28F2N2. The van der Waals surface area contributed by atoms with E-state index in [0.717, 1.165) is 32.6 Å². The van der Waals surface area contributed by atoms with Crippen LogP contribution in [0, 0.1) is 5.92 Å². The molecule has 2 atom stereocenters. The lowest BCUT2D eigenvalue weighted by atomic mass is 9.86. The van der Waals surface area contributed by atoms with E-state index in [-0.39, 0.29) is 18.8 Å². The van der Waals surface area contributed by atoms with Crippen molar-refractivity contribution < 1.29 is 8.78 Å². The Balaban J connectivity index is 2.23. The van der Waals surface area contributed by atoms with Crippen molar-refractivity contribution >= 4 is 0 Å². The number of nitrogens with one attached hydrogen (secondary N) is 1. The molecule has 2 nitrogen and oxygen atoms in total. The molecule has 1 aliphatic carbocycles. The van der Waals surface area contributed by atoms with Gasteiger partial charge in [0.2, 0.25) is 5.92 Å². The number of likely N-dealkylation sites (N-methyl/N-ethyl adjacent to an activating group) is 1. The van der Waals surface area contributed by atoms with Gasteiger partial charge in [-0.25, -0.2) is 8.78 Å². The van der Waals surface area contributed by atoms with Gasteiger partial charge >= 0.3 is 0 Å². The molecule has 4 heteroatoms. The van der Waals surface area contributed by atoms with Gasteiger partial charge in [0, 0.05) is 25.4 Å². The zero-order chi connectivity index (χ0) is 13.6. The molecule has 0 spiro atoms. The molecule has 0 aliphatic heterocycles. The van der Waals surface area contributed by atoms with Gasteiger partial charge in [0.1, 0.15) is 0 Å². The highest BCUT2D eigenvalue weighted by Crippen LogP contribution is 2.36. The van der Waals surface area contributed by atoms with Crippen LogP contribution in [0.2, 0.25) is 0 Å². The maximum Gasteiger partial charge on any atom is 0.248 e. The van der Waals surface area contributed by atoms with E-state index < -0.39 is 5.92 Å². The predicted octanol–water partition coefficient (Wildman–Crippen LogP) is 3.13. The van der Waals surface area contributed by atoms with E-state index in [1.165, 1.54) is 0 Å². The first kappa shape index (κ1) is 15.8. The summed E-state index contributed by atoms with van der Waals surface area (Å²) in [5, 5.41) is 3.41. The fourth-order valence-corrected chi connectivity index (χ4v) is 2.75. The second kappa shape index (κ2) is 7.39. The van der Waals surface area contributed by atoms with Crippen LogP contribution in [-0.4, -0.2) is 43.0 Å². The standard InChI is InChI=1S/C14H28F2N2/c1-4-18(5-2)11-12(3)17-10-13-7-6-8-14(15,16)9-13/h12-13,17H,4-11H2,1-3H3. The van der Waals surface area contributed by atoms with Gasteiger partial charge in [-0.1, -0.05) is 13.8 Å². The molecule has 2 unspecified atom stereocenters. The number of nitrogens with zero attached hydrogens (tertiary/aromatic N) is 1. The lowest BCUT2D eigenvalue weighted by Gasteiger charge is -2.31. The zero-order valence-electron chi connectivity index (χ0n) is 12.0. The molecule has 0 saturated heterocycles. The topological polar surface area (TPSA) is 15.3 Å². The minimum Gasteiger partial charge on any atom is -0.313 e. The molecule has 0 aromatic heterocycles. The molecule has 0 radical (unpaired) electrons. The molecule has 0 amide bonds. The summed E-state index contributed by atoms with van der Waals surface area (Å²) in [5.41, 5.74) is 0. The molecule has 0 aromatic rings. The Labute approximate surface area is 110 Å². The normalized spacial score (nSPS) is 25.3. The van der Waals surface area contributed by atoms with Crippen molar-refractivity contribution in [2.45, 2.75) is 58.4 Å². The Morgan fingerprint density at radius 2 is 2.00 bits per heavy atom. The van der Waals surface area contributed by atoms with E-state index in [0.29, 0.717) is 12.5 Å². The minimum atomic E-state index is -2.42. The summed E-state index contributed by atoms with van der Waals surface area (Å²) >= 11 is 0. The van der Waals surface area contributed by atoms with Crippen LogP contribution in [0.5, 0.6) is 0 Å². The van der Waals surface area contributed by atoms with E-state index in [4.69, 9.17) is 0 Å². The molecule has 0 bridgehead atoms. The van der Waals surface area contributed by atoms with E-state index in [9.17, 15) is 8.78 Å². The average molecular weight is 262 g/mol. The van der Waals surface area contributed by atoms with Crippen LogP contribution in [-0.2, 0) is 0 Å². The summed E-state index contributed by atoms with van der Waals surface area (Å²) in [7, 11) is 0. The van der Waals surface area contributed by atoms with Crippen LogP contribution >= 0.6 is 0 Å². The van der Waals surface area contributed by atoms with E-state index in [2.05, 4.69) is 31.0 Å². The molecule has 0 heterocycles. The lowest BCUT2D eigenvalue weighted by molar-refractivity contribution is -0.0523. The highest BCUT2D eigenvalue weighted by atomic mass is 19.3. The Morgan fingerprint density at radius 1 is 1.33 bits per heavy atom. The van der Waals surface area contributed by atoms with Crippen LogP contribution < -0.4 is 5.32 Å². The van der Waals surface area contributed by atoms with Crippen LogP contribution in [0.4, 0.5) is 8.78 Å². The largest absolute Gasteiger partial charge is 0.313 e. The summed E-state index contributed by atoms with van der Waals surface area (Å²) < 4.78 is 26.5. The van der Waals surface area contributed by atoms with Gasteiger partial charge in [-0.2, -0.15) is 0 Å². The van der Waals surface area contributed by atoms with Gasteiger partial charge in [-0.3, -0.25) is 0 Å². The van der Waals surface area contributed by atoms with Crippen molar-refractivity contribution in [1.82, 2.24) is 10.2 Å². The van der Waals surface area contributed by atoms with Crippen LogP contribution in [0.25, 0.3) is 0 Å². The number of halogens is 2. The fourth-order valence-electron chi connectivity index (χ4n) is 2.75. The van der Waals surface area contributed by atoms with Gasteiger partial charge in [0.05, 0.1) is 0 Å². The van der Waals surface area contributed by atoms with E-state index in [1.807, 2.05) is 0 Å². The molecule has 1 fully saturated rings. The number of rotatable bonds is 7. The molecule has 1 aliphatic rings. The second-order valence-electron chi connectivity index (χ2n) is 5.61. The first-order chi connectivity index (χ1) is 8.46. The lowest BCUT2D eigenvalue weighted by Crippen LogP contribution is -2.42. The maximum absolute atomic E-state index is 13.3. The molecule has 1 saturated carbocycles. The van der Waals surface area contributed by atoms with Gasteiger partial charge < -0.3 is 10.2 Å². The Morgan fingerprint density at radius 3 is 2.56 bits per heavy atom. The Bertz CT molecular complexity index is 230. The molecular weight excluding hydrogens is 234 g/mol.